The molecule has 0 aromatic heterocycles. The first-order valence-electron chi connectivity index (χ1n) is 10.0. The number of nitrogens with one attached hydrogen (secondary N) is 1. The van der Waals surface area contributed by atoms with Gasteiger partial charge in [-0.15, -0.1) is 0 Å². The van der Waals surface area contributed by atoms with E-state index in [2.05, 4.69) is 17.5 Å². The van der Waals surface area contributed by atoms with Crippen LogP contribution in [0.1, 0.15) is 30.0 Å². The summed E-state index contributed by atoms with van der Waals surface area (Å²) in [4.78, 5) is 11.9. The number of rotatable bonds is 10. The van der Waals surface area contributed by atoms with Gasteiger partial charge in [-0.3, -0.25) is 4.79 Å². The molecule has 0 saturated heterocycles. The number of carbonyl (C=O) groups excluding carboxylic acids is 1. The van der Waals surface area contributed by atoms with Gasteiger partial charge in [-0.1, -0.05) is 67.9 Å². The van der Waals surface area contributed by atoms with Crippen LogP contribution in [0.2, 0.25) is 0 Å². The molecule has 0 radical (unpaired) electrons. The highest BCUT2D eigenvalue weighted by molar-refractivity contribution is 5.83. The van der Waals surface area contributed by atoms with E-state index >= 15 is 0 Å². The first-order valence-corrected chi connectivity index (χ1v) is 10.0. The van der Waals surface area contributed by atoms with Crippen LogP contribution >= 0.6 is 0 Å². The second kappa shape index (κ2) is 11.4. The van der Waals surface area contributed by atoms with Crippen molar-refractivity contribution in [3.8, 4) is 11.5 Å². The molecule has 0 atom stereocenters. The zero-order chi connectivity index (χ0) is 21.0. The Hall–Kier alpha value is -3.60. The van der Waals surface area contributed by atoms with E-state index in [-0.39, 0.29) is 12.5 Å². The fraction of sp³-hybridized carbons (Fsp3) is 0.200. The van der Waals surface area contributed by atoms with Crippen LogP contribution in [0.3, 0.4) is 0 Å². The van der Waals surface area contributed by atoms with Gasteiger partial charge in [-0.25, -0.2) is 5.43 Å². The maximum absolute atomic E-state index is 11.9. The fourth-order valence-electron chi connectivity index (χ4n) is 2.83. The molecular weight excluding hydrogens is 376 g/mol. The number of aryl methyl sites for hydroxylation is 1. The average Bonchev–Trinajstić information content (AvgIpc) is 2.78. The quantitative estimate of drug-likeness (QED) is 0.393. The lowest BCUT2D eigenvalue weighted by Gasteiger charge is -2.07. The molecule has 30 heavy (non-hydrogen) atoms. The van der Waals surface area contributed by atoms with E-state index in [1.807, 2.05) is 78.9 Å². The molecule has 0 unspecified atom stereocenters. The molecule has 0 fully saturated rings. The molecule has 3 aromatic rings. The van der Waals surface area contributed by atoms with Crippen molar-refractivity contribution >= 4 is 12.1 Å². The highest BCUT2D eigenvalue weighted by atomic mass is 16.5. The van der Waals surface area contributed by atoms with Crippen LogP contribution in [0.4, 0.5) is 0 Å². The molecule has 0 spiro atoms. The Labute approximate surface area is 177 Å². The maximum Gasteiger partial charge on any atom is 0.277 e. The van der Waals surface area contributed by atoms with E-state index in [4.69, 9.17) is 9.47 Å². The van der Waals surface area contributed by atoms with Crippen molar-refractivity contribution in [1.29, 1.82) is 0 Å². The van der Waals surface area contributed by atoms with E-state index in [1.165, 1.54) is 5.56 Å². The number of hydrogen-bond donors (Lipinski definition) is 1. The van der Waals surface area contributed by atoms with Gasteiger partial charge in [-0.05, 0) is 47.4 Å². The Bertz CT molecular complexity index is 954. The molecule has 1 amide bonds. The van der Waals surface area contributed by atoms with Gasteiger partial charge >= 0.3 is 0 Å². The van der Waals surface area contributed by atoms with Crippen LogP contribution in [0.25, 0.3) is 0 Å². The molecule has 3 rings (SSSR count). The Morgan fingerprint density at radius 3 is 2.47 bits per heavy atom. The summed E-state index contributed by atoms with van der Waals surface area (Å²) in [5, 5.41) is 3.99. The predicted octanol–water partition coefficient (Wildman–Crippen LogP) is 4.75. The Morgan fingerprint density at radius 2 is 1.70 bits per heavy atom. The summed E-state index contributed by atoms with van der Waals surface area (Å²) >= 11 is 0. The molecule has 5 nitrogen and oxygen atoms in total. The maximum atomic E-state index is 11.9. The molecule has 154 valence electrons. The highest BCUT2D eigenvalue weighted by Gasteiger charge is 2.02. The summed E-state index contributed by atoms with van der Waals surface area (Å²) in [6.45, 7) is 2.54. The van der Waals surface area contributed by atoms with E-state index in [1.54, 1.807) is 6.21 Å². The van der Waals surface area contributed by atoms with Gasteiger partial charge in [0.2, 0.25) is 0 Å². The van der Waals surface area contributed by atoms with Crippen molar-refractivity contribution in [3.63, 3.8) is 0 Å². The minimum Gasteiger partial charge on any atom is -0.489 e. The van der Waals surface area contributed by atoms with Crippen molar-refractivity contribution in [2.75, 3.05) is 6.61 Å². The van der Waals surface area contributed by atoms with Gasteiger partial charge < -0.3 is 9.47 Å². The van der Waals surface area contributed by atoms with Gasteiger partial charge in [0.05, 0.1) is 6.21 Å². The van der Waals surface area contributed by atoms with E-state index in [0.29, 0.717) is 12.4 Å². The molecule has 0 aliphatic rings. The summed E-state index contributed by atoms with van der Waals surface area (Å²) in [6.07, 6.45) is 3.71. The van der Waals surface area contributed by atoms with Gasteiger partial charge in [0.25, 0.3) is 5.91 Å². The molecule has 3 aromatic carbocycles. The third-order valence-electron chi connectivity index (χ3n) is 4.34. The second-order valence-corrected chi connectivity index (χ2v) is 6.82. The lowest BCUT2D eigenvalue weighted by molar-refractivity contribution is -0.123. The third kappa shape index (κ3) is 7.09. The minimum atomic E-state index is -0.319. The molecule has 0 bridgehead atoms. The number of nitrogens with zero attached hydrogens (tertiary/aromatic N) is 1. The topological polar surface area (TPSA) is 59.9 Å². The molecular formula is C25H26N2O3. The van der Waals surface area contributed by atoms with Gasteiger partial charge in [0.15, 0.2) is 6.61 Å². The van der Waals surface area contributed by atoms with Crippen LogP contribution in [-0.2, 0) is 17.8 Å². The van der Waals surface area contributed by atoms with Crippen LogP contribution in [0.5, 0.6) is 11.5 Å². The summed E-state index contributed by atoms with van der Waals surface area (Å²) in [5.74, 6) is 1.08. The van der Waals surface area contributed by atoms with E-state index in [9.17, 15) is 4.79 Å². The first-order chi connectivity index (χ1) is 14.7. The predicted molar refractivity (Wildman–Crippen MR) is 119 cm³/mol. The van der Waals surface area contributed by atoms with E-state index < -0.39 is 0 Å². The lowest BCUT2D eigenvalue weighted by atomic mass is 10.1. The van der Waals surface area contributed by atoms with Crippen LogP contribution in [-0.4, -0.2) is 18.7 Å². The number of hydrogen-bond acceptors (Lipinski definition) is 4. The number of carbonyl (C=O) groups is 1. The Kier molecular flexibility index (Phi) is 8.03. The fourth-order valence-corrected chi connectivity index (χ4v) is 2.83. The lowest BCUT2D eigenvalue weighted by Crippen LogP contribution is -2.24. The second-order valence-electron chi connectivity index (χ2n) is 6.82. The smallest absolute Gasteiger partial charge is 0.277 e. The molecule has 5 heteroatoms. The van der Waals surface area contributed by atoms with Gasteiger partial charge in [0, 0.05) is 0 Å². The molecule has 0 heterocycles. The summed E-state index contributed by atoms with van der Waals surface area (Å²) < 4.78 is 11.3. The molecule has 0 aliphatic heterocycles. The zero-order valence-corrected chi connectivity index (χ0v) is 17.1. The first kappa shape index (κ1) is 21.1. The van der Waals surface area contributed by atoms with Crippen molar-refractivity contribution < 1.29 is 14.3 Å². The average molecular weight is 402 g/mol. The van der Waals surface area contributed by atoms with Crippen molar-refractivity contribution in [3.05, 3.63) is 95.6 Å². The standard InChI is InChI=1S/C25H26N2O3/c1-2-7-20-12-14-23(15-13-20)30-19-25(28)27-26-17-22-10-6-11-24(16-22)29-18-21-8-4-3-5-9-21/h3-6,8-17H,2,7,18-19H2,1H3,(H,27,28)/b26-17+. The Morgan fingerprint density at radius 1 is 0.900 bits per heavy atom. The normalized spacial score (nSPS) is 10.7. The zero-order valence-electron chi connectivity index (χ0n) is 17.1. The van der Waals surface area contributed by atoms with Crippen LogP contribution in [0, 0.1) is 0 Å². The summed E-state index contributed by atoms with van der Waals surface area (Å²) in [5.41, 5.74) is 5.66. The monoisotopic (exact) mass is 402 g/mol. The van der Waals surface area contributed by atoms with Crippen molar-refractivity contribution in [1.82, 2.24) is 5.43 Å². The van der Waals surface area contributed by atoms with Crippen molar-refractivity contribution in [2.24, 2.45) is 5.10 Å². The van der Waals surface area contributed by atoms with Crippen molar-refractivity contribution in [2.45, 2.75) is 26.4 Å². The van der Waals surface area contributed by atoms with Crippen LogP contribution in [0.15, 0.2) is 84.0 Å². The highest BCUT2D eigenvalue weighted by Crippen LogP contribution is 2.15. The summed E-state index contributed by atoms with van der Waals surface area (Å²) in [6, 6.07) is 25.3. The third-order valence-corrected chi connectivity index (χ3v) is 4.34. The van der Waals surface area contributed by atoms with Gasteiger partial charge in [-0.2, -0.15) is 5.10 Å². The van der Waals surface area contributed by atoms with Gasteiger partial charge in [0.1, 0.15) is 18.1 Å². The molecule has 1 N–H and O–H groups in total. The number of amides is 1. The minimum absolute atomic E-state index is 0.0926. The largest absolute Gasteiger partial charge is 0.489 e. The van der Waals surface area contributed by atoms with E-state index in [0.717, 1.165) is 29.7 Å². The number of ether oxygens (including phenoxy) is 2. The number of hydrazone groups is 1. The number of benzene rings is 3. The Balaban J connectivity index is 1.43. The summed E-state index contributed by atoms with van der Waals surface area (Å²) in [7, 11) is 0. The SMILES string of the molecule is CCCc1ccc(OCC(=O)N/N=C/c2cccc(OCc3ccccc3)c2)cc1. The molecule has 0 aliphatic carbocycles. The molecule has 0 saturated carbocycles. The van der Waals surface area contributed by atoms with Crippen LogP contribution < -0.4 is 14.9 Å².